The second-order valence-corrected chi connectivity index (χ2v) is 4.81. The van der Waals surface area contributed by atoms with Crippen LogP contribution in [0.4, 0.5) is 0 Å². The SMILES string of the molecule is CCOC(=O)Cc1nc(C2CCC(CC)C2)no1. The Kier molecular flexibility index (Phi) is 4.33. The molecule has 1 saturated carbocycles. The Labute approximate surface area is 107 Å². The molecule has 0 radical (unpaired) electrons. The number of aromatic nitrogens is 2. The van der Waals surface area contributed by atoms with Gasteiger partial charge in [0, 0.05) is 5.92 Å². The minimum atomic E-state index is -0.314. The van der Waals surface area contributed by atoms with E-state index in [2.05, 4.69) is 17.1 Å². The third-order valence-electron chi connectivity index (χ3n) is 3.57. The van der Waals surface area contributed by atoms with Crippen LogP contribution in [0.5, 0.6) is 0 Å². The number of ether oxygens (including phenoxy) is 1. The summed E-state index contributed by atoms with van der Waals surface area (Å²) in [5.74, 6) is 1.98. The van der Waals surface area contributed by atoms with Crippen LogP contribution in [0.3, 0.4) is 0 Å². The largest absolute Gasteiger partial charge is 0.466 e. The average molecular weight is 252 g/mol. The summed E-state index contributed by atoms with van der Waals surface area (Å²) in [4.78, 5) is 15.6. The van der Waals surface area contributed by atoms with Crippen LogP contribution in [-0.4, -0.2) is 22.7 Å². The molecule has 5 heteroatoms. The number of hydrogen-bond donors (Lipinski definition) is 0. The third kappa shape index (κ3) is 3.09. The van der Waals surface area contributed by atoms with E-state index in [-0.39, 0.29) is 12.4 Å². The van der Waals surface area contributed by atoms with Gasteiger partial charge in [0.15, 0.2) is 5.82 Å². The van der Waals surface area contributed by atoms with E-state index < -0.39 is 0 Å². The topological polar surface area (TPSA) is 65.2 Å². The highest BCUT2D eigenvalue weighted by molar-refractivity contribution is 5.71. The third-order valence-corrected chi connectivity index (χ3v) is 3.57. The summed E-state index contributed by atoms with van der Waals surface area (Å²) in [5.41, 5.74) is 0. The smallest absolute Gasteiger partial charge is 0.315 e. The monoisotopic (exact) mass is 252 g/mol. The van der Waals surface area contributed by atoms with Gasteiger partial charge in [0.25, 0.3) is 0 Å². The fourth-order valence-corrected chi connectivity index (χ4v) is 2.52. The predicted octanol–water partition coefficient (Wildman–Crippen LogP) is 2.47. The predicted molar refractivity (Wildman–Crippen MR) is 65.0 cm³/mol. The van der Waals surface area contributed by atoms with Crippen molar-refractivity contribution in [3.05, 3.63) is 11.7 Å². The Balaban J connectivity index is 1.92. The van der Waals surface area contributed by atoms with Crippen molar-refractivity contribution in [2.75, 3.05) is 6.61 Å². The first kappa shape index (κ1) is 13.1. The summed E-state index contributed by atoms with van der Waals surface area (Å²) in [5, 5.41) is 3.99. The maximum absolute atomic E-state index is 11.3. The summed E-state index contributed by atoms with van der Waals surface area (Å²) < 4.78 is 9.95. The van der Waals surface area contributed by atoms with Crippen LogP contribution < -0.4 is 0 Å². The molecule has 1 aliphatic rings. The van der Waals surface area contributed by atoms with Crippen molar-refractivity contribution in [3.8, 4) is 0 Å². The first-order chi connectivity index (χ1) is 8.72. The Morgan fingerprint density at radius 2 is 2.28 bits per heavy atom. The van der Waals surface area contributed by atoms with Crippen LogP contribution in [0.15, 0.2) is 4.52 Å². The lowest BCUT2D eigenvalue weighted by Crippen LogP contribution is -2.07. The van der Waals surface area contributed by atoms with Gasteiger partial charge in [0.1, 0.15) is 6.42 Å². The summed E-state index contributed by atoms with van der Waals surface area (Å²) >= 11 is 0. The summed E-state index contributed by atoms with van der Waals surface area (Å²) in [6, 6.07) is 0. The molecule has 0 saturated heterocycles. The van der Waals surface area contributed by atoms with E-state index in [0.717, 1.165) is 24.6 Å². The molecule has 2 rings (SSSR count). The molecule has 0 aromatic carbocycles. The molecule has 0 bridgehead atoms. The maximum atomic E-state index is 11.3. The molecule has 1 fully saturated rings. The molecule has 100 valence electrons. The van der Waals surface area contributed by atoms with Crippen molar-refractivity contribution in [1.29, 1.82) is 0 Å². The van der Waals surface area contributed by atoms with Crippen LogP contribution in [0.2, 0.25) is 0 Å². The standard InChI is InChI=1S/C13H20N2O3/c1-3-9-5-6-10(7-9)13-14-11(18-15-13)8-12(16)17-4-2/h9-10H,3-8H2,1-2H3. The molecule has 0 spiro atoms. The molecule has 18 heavy (non-hydrogen) atoms. The lowest BCUT2D eigenvalue weighted by molar-refractivity contribution is -0.142. The van der Waals surface area contributed by atoms with Crippen molar-refractivity contribution in [2.24, 2.45) is 5.92 Å². The van der Waals surface area contributed by atoms with Crippen LogP contribution in [0, 0.1) is 5.92 Å². The molecule has 1 aromatic heterocycles. The number of carbonyl (C=O) groups excluding carboxylic acids is 1. The van der Waals surface area contributed by atoms with Crippen molar-refractivity contribution in [3.63, 3.8) is 0 Å². The van der Waals surface area contributed by atoms with Gasteiger partial charge in [0.2, 0.25) is 5.89 Å². The zero-order chi connectivity index (χ0) is 13.0. The van der Waals surface area contributed by atoms with E-state index in [1.807, 2.05) is 0 Å². The van der Waals surface area contributed by atoms with Gasteiger partial charge in [-0.25, -0.2) is 0 Å². The number of nitrogens with zero attached hydrogens (tertiary/aromatic N) is 2. The normalized spacial score (nSPS) is 23.2. The van der Waals surface area contributed by atoms with E-state index in [9.17, 15) is 4.79 Å². The maximum Gasteiger partial charge on any atom is 0.315 e. The first-order valence-corrected chi connectivity index (χ1v) is 6.71. The number of esters is 1. The molecule has 2 unspecified atom stereocenters. The minimum Gasteiger partial charge on any atom is -0.466 e. The molecule has 1 heterocycles. The first-order valence-electron chi connectivity index (χ1n) is 6.71. The Bertz CT molecular complexity index is 403. The van der Waals surface area contributed by atoms with Crippen molar-refractivity contribution in [2.45, 2.75) is 51.9 Å². The summed E-state index contributed by atoms with van der Waals surface area (Å²) in [6.45, 7) is 4.37. The minimum absolute atomic E-state index is 0.0742. The van der Waals surface area contributed by atoms with Crippen molar-refractivity contribution >= 4 is 5.97 Å². The molecule has 5 nitrogen and oxygen atoms in total. The van der Waals surface area contributed by atoms with Gasteiger partial charge >= 0.3 is 5.97 Å². The van der Waals surface area contributed by atoms with E-state index in [1.165, 1.54) is 12.8 Å². The van der Waals surface area contributed by atoms with E-state index in [4.69, 9.17) is 9.26 Å². The molecule has 1 aromatic rings. The number of carbonyl (C=O) groups is 1. The van der Waals surface area contributed by atoms with Gasteiger partial charge in [-0.1, -0.05) is 18.5 Å². The van der Waals surface area contributed by atoms with Crippen molar-refractivity contribution in [1.82, 2.24) is 10.1 Å². The zero-order valence-electron chi connectivity index (χ0n) is 11.0. The van der Waals surface area contributed by atoms with Crippen LogP contribution in [-0.2, 0) is 16.0 Å². The lowest BCUT2D eigenvalue weighted by atomic mass is 10.0. The molecule has 2 atom stereocenters. The Hall–Kier alpha value is -1.39. The van der Waals surface area contributed by atoms with Gasteiger partial charge in [0.05, 0.1) is 6.61 Å². The summed E-state index contributed by atoms with van der Waals surface area (Å²) in [7, 11) is 0. The van der Waals surface area contributed by atoms with Crippen molar-refractivity contribution < 1.29 is 14.1 Å². The van der Waals surface area contributed by atoms with Gasteiger partial charge in [-0.15, -0.1) is 0 Å². The van der Waals surface area contributed by atoms with E-state index in [1.54, 1.807) is 6.92 Å². The van der Waals surface area contributed by atoms with Gasteiger partial charge < -0.3 is 9.26 Å². The molecule has 0 aliphatic heterocycles. The molecule has 0 N–H and O–H groups in total. The molecule has 0 amide bonds. The average Bonchev–Trinajstić information content (AvgIpc) is 2.96. The summed E-state index contributed by atoms with van der Waals surface area (Å²) in [6.07, 6.45) is 4.78. The Morgan fingerprint density at radius 3 is 2.94 bits per heavy atom. The zero-order valence-corrected chi connectivity index (χ0v) is 11.0. The molecule has 1 aliphatic carbocycles. The van der Waals surface area contributed by atoms with E-state index in [0.29, 0.717) is 18.4 Å². The van der Waals surface area contributed by atoms with Crippen LogP contribution in [0.1, 0.15) is 57.2 Å². The Morgan fingerprint density at radius 1 is 1.44 bits per heavy atom. The number of hydrogen-bond acceptors (Lipinski definition) is 5. The second-order valence-electron chi connectivity index (χ2n) is 4.81. The quantitative estimate of drug-likeness (QED) is 0.753. The number of rotatable bonds is 5. The van der Waals surface area contributed by atoms with Crippen LogP contribution in [0.25, 0.3) is 0 Å². The molecular weight excluding hydrogens is 232 g/mol. The van der Waals surface area contributed by atoms with E-state index >= 15 is 0 Å². The highest BCUT2D eigenvalue weighted by Gasteiger charge is 2.28. The highest BCUT2D eigenvalue weighted by atomic mass is 16.5. The van der Waals surface area contributed by atoms with Gasteiger partial charge in [-0.2, -0.15) is 4.98 Å². The lowest BCUT2D eigenvalue weighted by Gasteiger charge is -2.04. The van der Waals surface area contributed by atoms with Crippen LogP contribution >= 0.6 is 0 Å². The van der Waals surface area contributed by atoms with Gasteiger partial charge in [-0.3, -0.25) is 4.79 Å². The van der Waals surface area contributed by atoms with Gasteiger partial charge in [-0.05, 0) is 32.1 Å². The molecular formula is C13H20N2O3. The highest BCUT2D eigenvalue weighted by Crippen LogP contribution is 2.38. The fraction of sp³-hybridized carbons (Fsp3) is 0.769. The second kappa shape index (κ2) is 5.98. The fourth-order valence-electron chi connectivity index (χ4n) is 2.52.